The molecule has 2 unspecified atom stereocenters. The summed E-state index contributed by atoms with van der Waals surface area (Å²) < 4.78 is 10.0. The van der Waals surface area contributed by atoms with Crippen molar-refractivity contribution in [2.75, 3.05) is 20.3 Å². The fourth-order valence-electron chi connectivity index (χ4n) is 3.22. The van der Waals surface area contributed by atoms with Crippen LogP contribution in [0.2, 0.25) is 0 Å². The van der Waals surface area contributed by atoms with E-state index in [0.717, 1.165) is 0 Å². The number of methoxy groups -OCH3 is 1. The molecular formula is C18H21N3O6. The van der Waals surface area contributed by atoms with Gasteiger partial charge >= 0.3 is 11.9 Å². The van der Waals surface area contributed by atoms with Crippen LogP contribution in [0.5, 0.6) is 0 Å². The smallest absolute Gasteiger partial charge is 0.336 e. The molecule has 0 saturated heterocycles. The normalized spacial score (nSPS) is 19.3. The van der Waals surface area contributed by atoms with Crippen LogP contribution in [-0.4, -0.2) is 42.8 Å². The molecule has 0 fully saturated rings. The highest BCUT2D eigenvalue weighted by atomic mass is 16.6. The number of allylic oxidation sites excluding steroid dienone is 1. The number of hydrogen-bond acceptors (Lipinski definition) is 8. The Bertz CT molecular complexity index is 830. The van der Waals surface area contributed by atoms with Crippen LogP contribution in [0, 0.1) is 16.0 Å². The lowest BCUT2D eigenvalue weighted by Crippen LogP contribution is -2.36. The van der Waals surface area contributed by atoms with Gasteiger partial charge in [-0.05, 0) is 13.8 Å². The van der Waals surface area contributed by atoms with Gasteiger partial charge < -0.3 is 15.2 Å². The maximum atomic E-state index is 12.7. The summed E-state index contributed by atoms with van der Waals surface area (Å²) in [5.41, 5.74) is 6.21. The number of nitro benzene ring substituents is 1. The molecule has 0 aromatic heterocycles. The molecule has 2 rings (SSSR count). The Morgan fingerprint density at radius 2 is 1.96 bits per heavy atom. The van der Waals surface area contributed by atoms with Crippen molar-refractivity contribution in [3.8, 4) is 0 Å². The molecule has 9 heteroatoms. The molecule has 1 aromatic carbocycles. The van der Waals surface area contributed by atoms with E-state index in [1.54, 1.807) is 19.9 Å². The molecule has 27 heavy (non-hydrogen) atoms. The predicted molar refractivity (Wildman–Crippen MR) is 97.2 cm³/mol. The van der Waals surface area contributed by atoms with Crippen molar-refractivity contribution in [3.05, 3.63) is 51.2 Å². The first-order valence-electron chi connectivity index (χ1n) is 8.27. The zero-order valence-electron chi connectivity index (χ0n) is 15.3. The molecule has 1 heterocycles. The van der Waals surface area contributed by atoms with Crippen molar-refractivity contribution in [1.82, 2.24) is 0 Å². The van der Waals surface area contributed by atoms with Gasteiger partial charge in [0.2, 0.25) is 0 Å². The molecule has 144 valence electrons. The van der Waals surface area contributed by atoms with E-state index >= 15 is 0 Å². The fraction of sp³-hybridized carbons (Fsp3) is 0.389. The first-order chi connectivity index (χ1) is 12.8. The molecular weight excluding hydrogens is 354 g/mol. The SMILES string of the molecule is COC(=O)C1C(C)=NC(C)=C(C(=O)OCCN)C1c1ccccc1[N+](=O)[O-]. The largest absolute Gasteiger partial charge is 0.468 e. The molecule has 0 saturated carbocycles. The van der Waals surface area contributed by atoms with E-state index in [2.05, 4.69) is 4.99 Å². The minimum absolute atomic E-state index is 0.0230. The number of benzene rings is 1. The molecule has 1 aliphatic heterocycles. The third kappa shape index (κ3) is 4.03. The van der Waals surface area contributed by atoms with Crippen LogP contribution in [0.4, 0.5) is 5.69 Å². The number of hydrogen-bond donors (Lipinski definition) is 1. The Kier molecular flexibility index (Phi) is 6.40. The zero-order valence-corrected chi connectivity index (χ0v) is 15.3. The number of ether oxygens (including phenoxy) is 2. The summed E-state index contributed by atoms with van der Waals surface area (Å²) in [6, 6.07) is 5.96. The third-order valence-corrected chi connectivity index (χ3v) is 4.32. The van der Waals surface area contributed by atoms with Gasteiger partial charge in [-0.15, -0.1) is 0 Å². The van der Waals surface area contributed by atoms with Crippen molar-refractivity contribution < 1.29 is 24.0 Å². The third-order valence-electron chi connectivity index (χ3n) is 4.32. The van der Waals surface area contributed by atoms with Crippen LogP contribution in [-0.2, 0) is 19.1 Å². The summed E-state index contributed by atoms with van der Waals surface area (Å²) in [6.07, 6.45) is 0. The lowest BCUT2D eigenvalue weighted by Gasteiger charge is -2.31. The van der Waals surface area contributed by atoms with Gasteiger partial charge in [-0.2, -0.15) is 0 Å². The molecule has 0 spiro atoms. The van der Waals surface area contributed by atoms with E-state index in [4.69, 9.17) is 15.2 Å². The van der Waals surface area contributed by atoms with E-state index in [1.807, 2.05) is 0 Å². The quantitative estimate of drug-likeness (QED) is 0.454. The van der Waals surface area contributed by atoms with Crippen LogP contribution in [0.3, 0.4) is 0 Å². The number of nitrogens with zero attached hydrogens (tertiary/aromatic N) is 2. The van der Waals surface area contributed by atoms with Crippen LogP contribution in [0.15, 0.2) is 40.5 Å². The highest BCUT2D eigenvalue weighted by Gasteiger charge is 2.44. The molecule has 0 amide bonds. The van der Waals surface area contributed by atoms with Gasteiger partial charge in [0.15, 0.2) is 0 Å². The molecule has 9 nitrogen and oxygen atoms in total. The van der Waals surface area contributed by atoms with E-state index < -0.39 is 28.7 Å². The van der Waals surface area contributed by atoms with Crippen LogP contribution < -0.4 is 5.73 Å². The number of rotatable bonds is 6. The second-order valence-corrected chi connectivity index (χ2v) is 5.97. The summed E-state index contributed by atoms with van der Waals surface area (Å²) >= 11 is 0. The minimum Gasteiger partial charge on any atom is -0.468 e. The summed E-state index contributed by atoms with van der Waals surface area (Å²) in [6.45, 7) is 3.31. The van der Waals surface area contributed by atoms with Gasteiger partial charge in [-0.25, -0.2) is 4.79 Å². The first kappa shape index (κ1) is 20.2. The molecule has 0 bridgehead atoms. The molecule has 0 aliphatic carbocycles. The Morgan fingerprint density at radius 3 is 2.56 bits per heavy atom. The topological polar surface area (TPSA) is 134 Å². The van der Waals surface area contributed by atoms with Gasteiger partial charge in [0, 0.05) is 35.5 Å². The first-order valence-corrected chi connectivity index (χ1v) is 8.27. The molecule has 2 atom stereocenters. The number of nitrogens with two attached hydrogens (primary N) is 1. The number of aliphatic imine (C=N–C) groups is 1. The van der Waals surface area contributed by atoms with Gasteiger partial charge in [0.25, 0.3) is 5.69 Å². The zero-order chi connectivity index (χ0) is 20.1. The number of carbonyl (C=O) groups is 2. The average Bonchev–Trinajstić information content (AvgIpc) is 2.64. The average molecular weight is 375 g/mol. The van der Waals surface area contributed by atoms with Crippen molar-refractivity contribution in [2.24, 2.45) is 16.6 Å². The highest BCUT2D eigenvalue weighted by molar-refractivity contribution is 6.07. The number of nitro groups is 1. The van der Waals surface area contributed by atoms with Gasteiger partial charge in [-0.1, -0.05) is 18.2 Å². The molecule has 2 N–H and O–H groups in total. The van der Waals surface area contributed by atoms with Crippen LogP contribution in [0.1, 0.15) is 25.3 Å². The summed E-state index contributed by atoms with van der Waals surface area (Å²) in [4.78, 5) is 40.4. The Balaban J connectivity index is 2.71. The van der Waals surface area contributed by atoms with E-state index in [1.165, 1.54) is 25.3 Å². The van der Waals surface area contributed by atoms with Crippen LogP contribution in [0.25, 0.3) is 0 Å². The standard InChI is InChI=1S/C18H21N3O6/c1-10-14(17(22)26-3)16(12-6-4-5-7-13(12)21(24)25)15(11(2)20-10)18(23)27-9-8-19/h4-7,14,16H,8-9,19H2,1-3H3. The second-order valence-electron chi connectivity index (χ2n) is 5.97. The van der Waals surface area contributed by atoms with Crippen molar-refractivity contribution in [2.45, 2.75) is 19.8 Å². The van der Waals surface area contributed by atoms with E-state index in [-0.39, 0.29) is 30.0 Å². The highest BCUT2D eigenvalue weighted by Crippen LogP contribution is 2.43. The van der Waals surface area contributed by atoms with Crippen LogP contribution >= 0.6 is 0 Å². The van der Waals surface area contributed by atoms with E-state index in [0.29, 0.717) is 11.4 Å². The second kappa shape index (κ2) is 8.54. The van der Waals surface area contributed by atoms with Gasteiger partial charge in [0.1, 0.15) is 12.5 Å². The summed E-state index contributed by atoms with van der Waals surface area (Å²) in [5.74, 6) is -3.30. The maximum absolute atomic E-state index is 12.7. The minimum atomic E-state index is -0.986. The van der Waals surface area contributed by atoms with Gasteiger partial charge in [0.05, 0.1) is 17.6 Å². The fourth-order valence-corrected chi connectivity index (χ4v) is 3.22. The van der Waals surface area contributed by atoms with E-state index in [9.17, 15) is 19.7 Å². The summed E-state index contributed by atoms with van der Waals surface area (Å²) in [7, 11) is 1.21. The van der Waals surface area contributed by atoms with Crippen molar-refractivity contribution in [3.63, 3.8) is 0 Å². The maximum Gasteiger partial charge on any atom is 0.336 e. The number of esters is 2. The lowest BCUT2D eigenvalue weighted by molar-refractivity contribution is -0.385. The predicted octanol–water partition coefficient (Wildman–Crippen LogP) is 1.72. The molecule has 1 aromatic rings. The van der Waals surface area contributed by atoms with Gasteiger partial charge in [-0.3, -0.25) is 19.9 Å². The van der Waals surface area contributed by atoms with Crippen molar-refractivity contribution >= 4 is 23.3 Å². The monoisotopic (exact) mass is 375 g/mol. The number of carbonyl (C=O) groups excluding carboxylic acids is 2. The van der Waals surface area contributed by atoms with Crippen molar-refractivity contribution in [1.29, 1.82) is 0 Å². The summed E-state index contributed by atoms with van der Waals surface area (Å²) in [5, 5.41) is 11.5. The molecule has 0 radical (unpaired) electrons. The number of para-hydroxylation sites is 1. The Hall–Kier alpha value is -3.07. The lowest BCUT2D eigenvalue weighted by atomic mass is 9.75. The Labute approximate surface area is 156 Å². The Morgan fingerprint density at radius 1 is 1.30 bits per heavy atom. The molecule has 1 aliphatic rings.